The fourth-order valence-electron chi connectivity index (χ4n) is 3.73. The molecule has 0 aliphatic heterocycles. The first kappa shape index (κ1) is 22.1. The lowest BCUT2D eigenvalue weighted by Crippen LogP contribution is -2.34. The van der Waals surface area contributed by atoms with Crippen molar-refractivity contribution in [1.29, 1.82) is 0 Å². The molecule has 0 fully saturated rings. The maximum absolute atomic E-state index is 13.1. The second kappa shape index (κ2) is 9.15. The lowest BCUT2D eigenvalue weighted by Gasteiger charge is -2.11. The van der Waals surface area contributed by atoms with Gasteiger partial charge in [-0.05, 0) is 43.7 Å². The molecule has 33 heavy (non-hydrogen) atoms. The van der Waals surface area contributed by atoms with E-state index in [9.17, 15) is 9.59 Å². The van der Waals surface area contributed by atoms with Crippen LogP contribution in [0.4, 0.5) is 0 Å². The molecule has 2 heterocycles. The smallest absolute Gasteiger partial charge is 0.278 e. The predicted octanol–water partition coefficient (Wildman–Crippen LogP) is 2.53. The SMILES string of the molecule is COc1ccc(CNC(=O)Cn2nc(C)c3nn(-c4ccccc4)c(C)c3c2=O)cc1OC. The summed E-state index contributed by atoms with van der Waals surface area (Å²) in [5.41, 5.74) is 3.15. The van der Waals surface area contributed by atoms with Crippen LogP contribution in [0.3, 0.4) is 0 Å². The normalized spacial score (nSPS) is 10.9. The maximum atomic E-state index is 13.1. The zero-order valence-corrected chi connectivity index (χ0v) is 19.0. The number of hydrogen-bond donors (Lipinski definition) is 1. The highest BCUT2D eigenvalue weighted by molar-refractivity contribution is 5.83. The topological polar surface area (TPSA) is 100 Å². The summed E-state index contributed by atoms with van der Waals surface area (Å²) in [7, 11) is 3.12. The van der Waals surface area contributed by atoms with Gasteiger partial charge in [0.15, 0.2) is 11.5 Å². The maximum Gasteiger partial charge on any atom is 0.278 e. The molecule has 9 nitrogen and oxygen atoms in total. The van der Waals surface area contributed by atoms with Crippen molar-refractivity contribution in [2.75, 3.05) is 14.2 Å². The second-order valence-corrected chi connectivity index (χ2v) is 7.57. The number of methoxy groups -OCH3 is 2. The van der Waals surface area contributed by atoms with Crippen molar-refractivity contribution in [2.45, 2.75) is 26.9 Å². The highest BCUT2D eigenvalue weighted by Crippen LogP contribution is 2.27. The summed E-state index contributed by atoms with van der Waals surface area (Å²) in [4.78, 5) is 25.7. The number of hydrogen-bond acceptors (Lipinski definition) is 6. The Balaban J connectivity index is 1.56. The largest absolute Gasteiger partial charge is 0.493 e. The van der Waals surface area contributed by atoms with Crippen molar-refractivity contribution in [3.05, 3.63) is 75.8 Å². The molecule has 0 atom stereocenters. The highest BCUT2D eigenvalue weighted by atomic mass is 16.5. The lowest BCUT2D eigenvalue weighted by atomic mass is 10.2. The average Bonchev–Trinajstić information content (AvgIpc) is 3.19. The van der Waals surface area contributed by atoms with Crippen LogP contribution in [-0.2, 0) is 17.9 Å². The van der Waals surface area contributed by atoms with E-state index in [1.807, 2.05) is 43.3 Å². The molecule has 0 aliphatic carbocycles. The average molecular weight is 447 g/mol. The van der Waals surface area contributed by atoms with Gasteiger partial charge >= 0.3 is 0 Å². The van der Waals surface area contributed by atoms with Crippen LogP contribution < -0.4 is 20.3 Å². The second-order valence-electron chi connectivity index (χ2n) is 7.57. The first-order valence-electron chi connectivity index (χ1n) is 10.4. The third-order valence-corrected chi connectivity index (χ3v) is 5.41. The zero-order chi connectivity index (χ0) is 23.5. The number of nitrogens with one attached hydrogen (secondary N) is 1. The van der Waals surface area contributed by atoms with E-state index in [1.54, 1.807) is 38.0 Å². The van der Waals surface area contributed by atoms with E-state index in [2.05, 4.69) is 15.5 Å². The molecule has 170 valence electrons. The number of carbonyl (C=O) groups is 1. The van der Waals surface area contributed by atoms with Gasteiger partial charge in [0.1, 0.15) is 12.1 Å². The Morgan fingerprint density at radius 2 is 1.73 bits per heavy atom. The van der Waals surface area contributed by atoms with Crippen LogP contribution in [-0.4, -0.2) is 39.7 Å². The molecular formula is C24H25N5O4. The summed E-state index contributed by atoms with van der Waals surface area (Å²) >= 11 is 0. The fraction of sp³-hybridized carbons (Fsp3) is 0.250. The van der Waals surface area contributed by atoms with Crippen LogP contribution in [0.5, 0.6) is 11.5 Å². The van der Waals surface area contributed by atoms with Crippen molar-refractivity contribution in [2.24, 2.45) is 0 Å². The number of para-hydroxylation sites is 1. The monoisotopic (exact) mass is 447 g/mol. The van der Waals surface area contributed by atoms with Crippen molar-refractivity contribution in [1.82, 2.24) is 24.9 Å². The third kappa shape index (κ3) is 4.30. The van der Waals surface area contributed by atoms with Gasteiger partial charge in [0.05, 0.1) is 36.7 Å². The Kier molecular flexibility index (Phi) is 6.12. The van der Waals surface area contributed by atoms with Crippen molar-refractivity contribution in [3.63, 3.8) is 0 Å². The lowest BCUT2D eigenvalue weighted by molar-refractivity contribution is -0.122. The van der Waals surface area contributed by atoms with Crippen LogP contribution >= 0.6 is 0 Å². The molecule has 4 rings (SSSR count). The van der Waals surface area contributed by atoms with E-state index in [-0.39, 0.29) is 24.6 Å². The van der Waals surface area contributed by atoms with E-state index >= 15 is 0 Å². The zero-order valence-electron chi connectivity index (χ0n) is 19.0. The highest BCUT2D eigenvalue weighted by Gasteiger charge is 2.18. The minimum Gasteiger partial charge on any atom is -0.493 e. The third-order valence-electron chi connectivity index (χ3n) is 5.41. The van der Waals surface area contributed by atoms with Gasteiger partial charge < -0.3 is 14.8 Å². The number of aryl methyl sites for hydroxylation is 2. The molecule has 0 spiro atoms. The molecule has 0 saturated carbocycles. The fourth-order valence-corrected chi connectivity index (χ4v) is 3.73. The summed E-state index contributed by atoms with van der Waals surface area (Å²) < 4.78 is 13.4. The Labute approximate surface area is 190 Å². The van der Waals surface area contributed by atoms with Gasteiger partial charge in [-0.1, -0.05) is 24.3 Å². The van der Waals surface area contributed by atoms with Crippen LogP contribution in [0.25, 0.3) is 16.6 Å². The summed E-state index contributed by atoms with van der Waals surface area (Å²) in [6, 6.07) is 15.0. The first-order valence-corrected chi connectivity index (χ1v) is 10.4. The summed E-state index contributed by atoms with van der Waals surface area (Å²) in [5.74, 6) is 0.860. The Morgan fingerprint density at radius 1 is 1.00 bits per heavy atom. The quantitative estimate of drug-likeness (QED) is 0.467. The van der Waals surface area contributed by atoms with Crippen LogP contribution in [0, 0.1) is 13.8 Å². The molecule has 1 amide bonds. The summed E-state index contributed by atoms with van der Waals surface area (Å²) in [6.07, 6.45) is 0. The summed E-state index contributed by atoms with van der Waals surface area (Å²) in [6.45, 7) is 3.70. The molecule has 0 radical (unpaired) electrons. The van der Waals surface area contributed by atoms with Gasteiger partial charge in [0, 0.05) is 6.54 Å². The number of nitrogens with zero attached hydrogens (tertiary/aromatic N) is 4. The van der Waals surface area contributed by atoms with Crippen LogP contribution in [0.2, 0.25) is 0 Å². The minimum absolute atomic E-state index is 0.196. The Morgan fingerprint density at radius 3 is 2.42 bits per heavy atom. The molecular weight excluding hydrogens is 422 g/mol. The molecule has 2 aromatic heterocycles. The van der Waals surface area contributed by atoms with Gasteiger partial charge in [-0.2, -0.15) is 10.2 Å². The van der Waals surface area contributed by atoms with Gasteiger partial charge in [-0.15, -0.1) is 0 Å². The van der Waals surface area contributed by atoms with E-state index in [0.29, 0.717) is 33.8 Å². The number of rotatable bonds is 7. The number of fused-ring (bicyclic) bond motifs is 1. The molecule has 0 bridgehead atoms. The van der Waals surface area contributed by atoms with E-state index in [1.165, 1.54) is 4.68 Å². The molecule has 2 aromatic carbocycles. The molecule has 4 aromatic rings. The first-order chi connectivity index (χ1) is 15.9. The van der Waals surface area contributed by atoms with E-state index in [0.717, 1.165) is 11.3 Å². The summed E-state index contributed by atoms with van der Waals surface area (Å²) in [5, 5.41) is 12.2. The van der Waals surface area contributed by atoms with Crippen molar-refractivity contribution >= 4 is 16.8 Å². The predicted molar refractivity (Wildman–Crippen MR) is 124 cm³/mol. The molecule has 1 N–H and O–H groups in total. The minimum atomic E-state index is -0.350. The number of amides is 1. The van der Waals surface area contributed by atoms with Crippen molar-refractivity contribution in [3.8, 4) is 17.2 Å². The molecule has 0 unspecified atom stereocenters. The number of aromatic nitrogens is 4. The standard InChI is InChI=1S/C24H25N5O4/c1-15-23-22(16(2)29(27-23)18-8-6-5-7-9-18)24(31)28(26-15)14-21(30)25-13-17-10-11-19(32-3)20(12-17)33-4/h5-12H,13-14H2,1-4H3,(H,25,30). The van der Waals surface area contributed by atoms with Crippen LogP contribution in [0.15, 0.2) is 53.3 Å². The van der Waals surface area contributed by atoms with Gasteiger partial charge in [-0.3, -0.25) is 9.59 Å². The molecule has 0 aliphatic rings. The van der Waals surface area contributed by atoms with Gasteiger partial charge in [0.2, 0.25) is 5.91 Å². The van der Waals surface area contributed by atoms with E-state index < -0.39 is 0 Å². The Hall–Kier alpha value is -4.14. The number of ether oxygens (including phenoxy) is 2. The number of carbonyl (C=O) groups excluding carboxylic acids is 1. The van der Waals surface area contributed by atoms with Crippen molar-refractivity contribution < 1.29 is 14.3 Å². The van der Waals surface area contributed by atoms with E-state index in [4.69, 9.17) is 9.47 Å². The van der Waals surface area contributed by atoms with Crippen LogP contribution in [0.1, 0.15) is 17.0 Å². The molecule has 0 saturated heterocycles. The van der Waals surface area contributed by atoms with Gasteiger partial charge in [-0.25, -0.2) is 9.36 Å². The Bertz CT molecular complexity index is 1380. The number of benzene rings is 2. The van der Waals surface area contributed by atoms with Gasteiger partial charge in [0.25, 0.3) is 5.56 Å². The molecule has 9 heteroatoms.